The number of esters is 1. The average Bonchev–Trinajstić information content (AvgIpc) is 2.24. The van der Waals surface area contributed by atoms with Crippen molar-refractivity contribution in [2.75, 3.05) is 13.7 Å². The topological polar surface area (TPSA) is 75.6 Å². The van der Waals surface area contributed by atoms with E-state index >= 15 is 0 Å². The molecule has 0 fully saturated rings. The summed E-state index contributed by atoms with van der Waals surface area (Å²) in [7, 11) is 1.46. The molecule has 0 bridgehead atoms. The Morgan fingerprint density at radius 3 is 2.38 bits per heavy atom. The zero-order valence-corrected chi connectivity index (χ0v) is 10.4. The highest BCUT2D eigenvalue weighted by Crippen LogP contribution is 2.16. The van der Waals surface area contributed by atoms with Gasteiger partial charge >= 0.3 is 5.97 Å². The van der Waals surface area contributed by atoms with E-state index < -0.39 is 17.5 Å². The van der Waals surface area contributed by atoms with Crippen LogP contribution in [-0.4, -0.2) is 36.2 Å². The Labute approximate surface area is 96.2 Å². The SMILES string of the molecule is CCC(C)(C)OC(=O)CC(CO)C(=O)NC. The van der Waals surface area contributed by atoms with Crippen LogP contribution in [0.4, 0.5) is 0 Å². The Morgan fingerprint density at radius 1 is 1.44 bits per heavy atom. The van der Waals surface area contributed by atoms with Crippen LogP contribution in [0.15, 0.2) is 0 Å². The molecule has 0 rings (SSSR count). The summed E-state index contributed by atoms with van der Waals surface area (Å²) in [5.41, 5.74) is -0.528. The molecule has 0 aromatic rings. The van der Waals surface area contributed by atoms with Crippen LogP contribution in [0.1, 0.15) is 33.6 Å². The molecule has 0 aliphatic carbocycles. The molecule has 5 nitrogen and oxygen atoms in total. The Morgan fingerprint density at radius 2 is 2.00 bits per heavy atom. The van der Waals surface area contributed by atoms with Gasteiger partial charge in [0, 0.05) is 7.05 Å². The van der Waals surface area contributed by atoms with Crippen molar-refractivity contribution in [3.8, 4) is 0 Å². The molecule has 2 N–H and O–H groups in total. The van der Waals surface area contributed by atoms with Crippen molar-refractivity contribution in [2.24, 2.45) is 5.92 Å². The lowest BCUT2D eigenvalue weighted by Crippen LogP contribution is -2.34. The Balaban J connectivity index is 4.27. The quantitative estimate of drug-likeness (QED) is 0.651. The molecule has 0 aliphatic heterocycles. The zero-order chi connectivity index (χ0) is 12.8. The molecule has 0 aromatic carbocycles. The lowest BCUT2D eigenvalue weighted by molar-refractivity contribution is -0.159. The highest BCUT2D eigenvalue weighted by atomic mass is 16.6. The van der Waals surface area contributed by atoms with Gasteiger partial charge in [-0.15, -0.1) is 0 Å². The fraction of sp³-hybridized carbons (Fsp3) is 0.818. The van der Waals surface area contributed by atoms with Crippen molar-refractivity contribution < 1.29 is 19.4 Å². The number of carbonyl (C=O) groups excluding carboxylic acids is 2. The number of hydrogen-bond acceptors (Lipinski definition) is 4. The highest BCUT2D eigenvalue weighted by Gasteiger charge is 2.25. The molecule has 0 aliphatic rings. The molecule has 0 aromatic heterocycles. The smallest absolute Gasteiger partial charge is 0.307 e. The monoisotopic (exact) mass is 231 g/mol. The number of aliphatic hydroxyl groups is 1. The van der Waals surface area contributed by atoms with Crippen molar-refractivity contribution in [3.05, 3.63) is 0 Å². The molecule has 0 saturated carbocycles. The lowest BCUT2D eigenvalue weighted by Gasteiger charge is -2.24. The number of carbonyl (C=O) groups is 2. The minimum absolute atomic E-state index is 0.0976. The molecular weight excluding hydrogens is 210 g/mol. The van der Waals surface area contributed by atoms with E-state index in [1.165, 1.54) is 7.05 Å². The van der Waals surface area contributed by atoms with E-state index in [9.17, 15) is 9.59 Å². The zero-order valence-electron chi connectivity index (χ0n) is 10.4. The maximum Gasteiger partial charge on any atom is 0.307 e. The summed E-state index contributed by atoms with van der Waals surface area (Å²) >= 11 is 0. The van der Waals surface area contributed by atoms with Gasteiger partial charge in [-0.1, -0.05) is 6.92 Å². The van der Waals surface area contributed by atoms with E-state index in [4.69, 9.17) is 9.84 Å². The van der Waals surface area contributed by atoms with Gasteiger partial charge in [-0.05, 0) is 20.3 Å². The molecule has 0 radical (unpaired) electrons. The first-order valence-electron chi connectivity index (χ1n) is 5.40. The van der Waals surface area contributed by atoms with E-state index in [1.54, 1.807) is 13.8 Å². The van der Waals surface area contributed by atoms with Crippen molar-refractivity contribution in [1.29, 1.82) is 0 Å². The van der Waals surface area contributed by atoms with Gasteiger partial charge in [0.25, 0.3) is 0 Å². The van der Waals surface area contributed by atoms with E-state index in [2.05, 4.69) is 5.32 Å². The molecule has 0 spiro atoms. The summed E-state index contributed by atoms with van der Waals surface area (Å²) in [6, 6.07) is 0. The molecule has 0 saturated heterocycles. The van der Waals surface area contributed by atoms with Crippen LogP contribution in [0.3, 0.4) is 0 Å². The van der Waals surface area contributed by atoms with Crippen LogP contribution < -0.4 is 5.32 Å². The van der Waals surface area contributed by atoms with Crippen molar-refractivity contribution in [1.82, 2.24) is 5.32 Å². The fourth-order valence-corrected chi connectivity index (χ4v) is 1.07. The number of rotatable bonds is 6. The number of nitrogens with one attached hydrogen (secondary N) is 1. The summed E-state index contributed by atoms with van der Waals surface area (Å²) < 4.78 is 5.18. The van der Waals surface area contributed by atoms with Gasteiger partial charge in [-0.25, -0.2) is 0 Å². The fourth-order valence-electron chi connectivity index (χ4n) is 1.07. The molecule has 94 valence electrons. The van der Waals surface area contributed by atoms with Gasteiger partial charge in [0.05, 0.1) is 18.9 Å². The predicted octanol–water partition coefficient (Wildman–Crippen LogP) is 0.463. The van der Waals surface area contributed by atoms with Gasteiger partial charge in [0.2, 0.25) is 5.91 Å². The first-order chi connectivity index (χ1) is 7.36. The third-order valence-corrected chi connectivity index (χ3v) is 2.49. The van der Waals surface area contributed by atoms with Gasteiger partial charge in [0.1, 0.15) is 5.60 Å². The lowest BCUT2D eigenvalue weighted by atomic mass is 10.0. The first-order valence-corrected chi connectivity index (χ1v) is 5.40. The van der Waals surface area contributed by atoms with Gasteiger partial charge in [-0.3, -0.25) is 9.59 Å². The summed E-state index contributed by atoms with van der Waals surface area (Å²) in [5.74, 6) is -1.55. The third-order valence-electron chi connectivity index (χ3n) is 2.49. The molecular formula is C11H21NO4. The first kappa shape index (κ1) is 14.9. The molecule has 16 heavy (non-hydrogen) atoms. The van der Waals surface area contributed by atoms with Crippen LogP contribution in [-0.2, 0) is 14.3 Å². The maximum absolute atomic E-state index is 11.5. The van der Waals surface area contributed by atoms with Crippen molar-refractivity contribution in [2.45, 2.75) is 39.2 Å². The summed E-state index contributed by atoms with van der Waals surface area (Å²) in [6.45, 7) is 5.16. The molecule has 5 heteroatoms. The second-order valence-electron chi connectivity index (χ2n) is 4.29. The third kappa shape index (κ3) is 5.11. The second-order valence-corrected chi connectivity index (χ2v) is 4.29. The maximum atomic E-state index is 11.5. The van der Waals surface area contributed by atoms with Crippen LogP contribution in [0, 0.1) is 5.92 Å². The minimum Gasteiger partial charge on any atom is -0.460 e. The van der Waals surface area contributed by atoms with Gasteiger partial charge in [-0.2, -0.15) is 0 Å². The van der Waals surface area contributed by atoms with E-state index in [1.807, 2.05) is 6.92 Å². The number of hydrogen-bond donors (Lipinski definition) is 2. The van der Waals surface area contributed by atoms with Crippen molar-refractivity contribution >= 4 is 11.9 Å². The molecule has 1 atom stereocenters. The van der Waals surface area contributed by atoms with E-state index in [0.717, 1.165) is 0 Å². The van der Waals surface area contributed by atoms with Gasteiger partial charge < -0.3 is 15.2 Å². The minimum atomic E-state index is -0.731. The van der Waals surface area contributed by atoms with Crippen LogP contribution in [0.5, 0.6) is 0 Å². The number of ether oxygens (including phenoxy) is 1. The largest absolute Gasteiger partial charge is 0.460 e. The molecule has 0 heterocycles. The summed E-state index contributed by atoms with van der Waals surface area (Å²) in [4.78, 5) is 22.7. The Kier molecular flexibility index (Phi) is 6.03. The Bertz CT molecular complexity index is 250. The molecule has 1 amide bonds. The summed E-state index contributed by atoms with van der Waals surface area (Å²) in [6.07, 6.45) is 0.599. The van der Waals surface area contributed by atoms with Gasteiger partial charge in [0.15, 0.2) is 0 Å². The molecule has 1 unspecified atom stereocenters. The van der Waals surface area contributed by atoms with Crippen molar-refractivity contribution in [3.63, 3.8) is 0 Å². The second kappa shape index (κ2) is 6.48. The van der Waals surface area contributed by atoms with Crippen LogP contribution in [0.2, 0.25) is 0 Å². The van der Waals surface area contributed by atoms with Crippen LogP contribution >= 0.6 is 0 Å². The Hall–Kier alpha value is -1.10. The number of aliphatic hydroxyl groups excluding tert-OH is 1. The summed E-state index contributed by atoms with van der Waals surface area (Å²) in [5, 5.41) is 11.4. The van der Waals surface area contributed by atoms with E-state index in [0.29, 0.717) is 6.42 Å². The predicted molar refractivity (Wildman–Crippen MR) is 59.7 cm³/mol. The standard InChI is InChI=1S/C11H21NO4/c1-5-11(2,3)16-9(14)6-8(7-13)10(15)12-4/h8,13H,5-7H2,1-4H3,(H,12,15). The van der Waals surface area contributed by atoms with E-state index in [-0.39, 0.29) is 18.9 Å². The normalized spacial score (nSPS) is 13.1. The van der Waals surface area contributed by atoms with Crippen LogP contribution in [0.25, 0.3) is 0 Å². The highest BCUT2D eigenvalue weighted by molar-refractivity contribution is 5.83. The average molecular weight is 231 g/mol. The number of amides is 1.